The van der Waals surface area contributed by atoms with E-state index in [4.69, 9.17) is 4.52 Å². The number of ether oxygens (including phenoxy) is 2. The van der Waals surface area contributed by atoms with E-state index in [0.29, 0.717) is 5.76 Å². The van der Waals surface area contributed by atoms with Crippen molar-refractivity contribution < 1.29 is 58.6 Å². The van der Waals surface area contributed by atoms with Gasteiger partial charge in [0.15, 0.2) is 6.10 Å². The number of benzene rings is 2. The number of rotatable bonds is 10. The van der Waals surface area contributed by atoms with Crippen LogP contribution in [0, 0.1) is 6.92 Å². The molecule has 2 aromatic carbocycles. The molecule has 0 radical (unpaired) electrons. The number of nitrogens with one attached hydrogen (secondary N) is 1. The average molecular weight is 572 g/mol. The predicted molar refractivity (Wildman–Crippen MR) is 117 cm³/mol. The van der Waals surface area contributed by atoms with Crippen LogP contribution in [0.25, 0.3) is 0 Å². The third kappa shape index (κ3) is 8.51. The number of aromatic nitrogens is 1. The minimum absolute atomic E-state index is 0.0167. The number of alkyl halides is 9. The molecule has 3 aromatic rings. The van der Waals surface area contributed by atoms with E-state index >= 15 is 0 Å². The Bertz CT molecular complexity index is 1180. The molecular weight excluding hydrogens is 551 g/mol. The highest BCUT2D eigenvalue weighted by molar-refractivity contribution is 5.47. The highest BCUT2D eigenvalue weighted by atomic mass is 19.4. The molecule has 39 heavy (non-hydrogen) atoms. The molecule has 0 amide bonds. The first-order valence-corrected chi connectivity index (χ1v) is 11.1. The highest BCUT2D eigenvalue weighted by Crippen LogP contribution is 2.40. The fraction of sp³-hybridized carbons (Fsp3) is 0.375. The van der Waals surface area contributed by atoms with Crippen molar-refractivity contribution in [2.24, 2.45) is 0 Å². The maximum Gasteiger partial charge on any atom is 0.573 e. The van der Waals surface area contributed by atoms with Gasteiger partial charge in [-0.05, 0) is 42.3 Å². The van der Waals surface area contributed by atoms with Gasteiger partial charge >= 0.3 is 18.9 Å². The van der Waals surface area contributed by atoms with Crippen molar-refractivity contribution in [2.75, 3.05) is 13.1 Å². The van der Waals surface area contributed by atoms with Crippen LogP contribution in [0.4, 0.5) is 39.5 Å². The van der Waals surface area contributed by atoms with E-state index in [0.717, 1.165) is 24.3 Å². The molecule has 0 aliphatic heterocycles. The minimum atomic E-state index is -5.08. The van der Waals surface area contributed by atoms with E-state index in [9.17, 15) is 44.6 Å². The minimum Gasteiger partial charge on any atom is -0.406 e. The molecule has 1 atom stereocenters. The van der Waals surface area contributed by atoms with Gasteiger partial charge in [0.05, 0.1) is 5.69 Å². The summed E-state index contributed by atoms with van der Waals surface area (Å²) in [5.41, 5.74) is -1.44. The van der Waals surface area contributed by atoms with E-state index in [-0.39, 0.29) is 23.2 Å². The topological polar surface area (TPSA) is 76.8 Å². The molecule has 2 N–H and O–H groups in total. The lowest BCUT2D eigenvalue weighted by atomic mass is 9.71. The largest absolute Gasteiger partial charge is 0.573 e. The van der Waals surface area contributed by atoms with Gasteiger partial charge < -0.3 is 24.4 Å². The summed E-state index contributed by atoms with van der Waals surface area (Å²) in [6.45, 7) is 0.00325. The predicted octanol–water partition coefficient (Wildman–Crippen LogP) is 5.82. The molecular formula is C24H21F9N2O4. The number of halogens is 9. The fourth-order valence-electron chi connectivity index (χ4n) is 3.97. The smallest absolute Gasteiger partial charge is 0.406 e. The van der Waals surface area contributed by atoms with Crippen LogP contribution in [-0.4, -0.2) is 48.4 Å². The monoisotopic (exact) mass is 572 g/mol. The molecule has 0 bridgehead atoms. The van der Waals surface area contributed by atoms with Crippen LogP contribution in [0.2, 0.25) is 0 Å². The molecule has 214 valence electrons. The van der Waals surface area contributed by atoms with Crippen LogP contribution < -0.4 is 14.8 Å². The van der Waals surface area contributed by atoms with Crippen LogP contribution in [0.1, 0.15) is 22.6 Å². The van der Waals surface area contributed by atoms with Crippen LogP contribution >= 0.6 is 0 Å². The summed E-state index contributed by atoms with van der Waals surface area (Å²) in [5, 5.41) is 15.7. The molecule has 0 saturated carbocycles. The summed E-state index contributed by atoms with van der Waals surface area (Å²) >= 11 is 0. The van der Waals surface area contributed by atoms with E-state index in [1.807, 2.05) is 0 Å². The average Bonchev–Trinajstić information content (AvgIpc) is 3.20. The van der Waals surface area contributed by atoms with Crippen molar-refractivity contribution in [1.82, 2.24) is 10.5 Å². The Morgan fingerprint density at radius 3 is 1.77 bits per heavy atom. The number of aliphatic hydroxyl groups is 1. The number of aryl methyl sites for hydroxylation is 1. The normalized spacial score (nSPS) is 13.8. The van der Waals surface area contributed by atoms with Gasteiger partial charge in [-0.15, -0.1) is 26.3 Å². The zero-order valence-electron chi connectivity index (χ0n) is 19.9. The highest BCUT2D eigenvalue weighted by Gasteiger charge is 2.41. The molecule has 3 rings (SSSR count). The second-order valence-corrected chi connectivity index (χ2v) is 8.53. The summed E-state index contributed by atoms with van der Waals surface area (Å²) in [6, 6.07) is 10.3. The summed E-state index contributed by atoms with van der Waals surface area (Å²) in [6.07, 6.45) is -18.2. The third-order valence-corrected chi connectivity index (χ3v) is 5.54. The van der Waals surface area contributed by atoms with E-state index in [1.165, 1.54) is 37.3 Å². The maximum absolute atomic E-state index is 12.9. The Labute approximate surface area is 215 Å². The van der Waals surface area contributed by atoms with Gasteiger partial charge in [-0.3, -0.25) is 0 Å². The van der Waals surface area contributed by atoms with Crippen molar-refractivity contribution >= 4 is 0 Å². The number of aliphatic hydroxyl groups excluding tert-OH is 1. The van der Waals surface area contributed by atoms with Gasteiger partial charge in [0.1, 0.15) is 17.3 Å². The van der Waals surface area contributed by atoms with Crippen LogP contribution in [0.3, 0.4) is 0 Å². The second-order valence-electron chi connectivity index (χ2n) is 8.53. The summed E-state index contributed by atoms with van der Waals surface area (Å²) < 4.78 is 129. The standard InChI is InChI=1S/C24H21F9N2O4/c1-14-8-17(35-39-14)11-21(13-34-12-20(36)22(25,26)27,15-4-2-6-18(9-15)37-23(28,29)30)16-5-3-7-19(10-16)38-24(31,32)33/h2-10,20,34,36H,11-13H2,1H3/t20-/m0/s1. The Kier molecular flexibility index (Phi) is 8.75. The lowest BCUT2D eigenvalue weighted by Gasteiger charge is -2.36. The van der Waals surface area contributed by atoms with Crippen molar-refractivity contribution in [3.8, 4) is 11.5 Å². The Morgan fingerprint density at radius 1 is 0.846 bits per heavy atom. The zero-order valence-corrected chi connectivity index (χ0v) is 19.9. The summed E-state index contributed by atoms with van der Waals surface area (Å²) in [5.74, 6) is -1.04. The number of nitrogens with zero attached hydrogens (tertiary/aromatic N) is 1. The SMILES string of the molecule is Cc1cc(CC(CNC[C@H](O)C(F)(F)F)(c2cccc(OC(F)(F)F)c2)c2cccc(OC(F)(F)F)c2)no1. The van der Waals surface area contributed by atoms with Crippen LogP contribution in [0.15, 0.2) is 59.1 Å². The van der Waals surface area contributed by atoms with Gasteiger partial charge in [0, 0.05) is 31.0 Å². The Hall–Kier alpha value is -3.46. The molecule has 0 aliphatic rings. The van der Waals surface area contributed by atoms with Gasteiger partial charge in [0.25, 0.3) is 0 Å². The van der Waals surface area contributed by atoms with Crippen molar-refractivity contribution in [3.05, 3.63) is 77.2 Å². The molecule has 1 heterocycles. The quantitative estimate of drug-likeness (QED) is 0.298. The molecule has 0 saturated heterocycles. The van der Waals surface area contributed by atoms with E-state index < -0.39 is 55.0 Å². The first-order valence-electron chi connectivity index (χ1n) is 11.1. The Morgan fingerprint density at radius 2 is 1.36 bits per heavy atom. The lowest BCUT2D eigenvalue weighted by Crippen LogP contribution is -2.46. The Balaban J connectivity index is 2.18. The fourth-order valence-corrected chi connectivity index (χ4v) is 3.97. The molecule has 15 heteroatoms. The van der Waals surface area contributed by atoms with Crippen molar-refractivity contribution in [2.45, 2.75) is 43.8 Å². The molecule has 1 aromatic heterocycles. The first-order chi connectivity index (χ1) is 18.0. The van der Waals surface area contributed by atoms with E-state index in [2.05, 4.69) is 19.9 Å². The van der Waals surface area contributed by atoms with E-state index in [1.54, 1.807) is 0 Å². The van der Waals surface area contributed by atoms with Crippen LogP contribution in [0.5, 0.6) is 11.5 Å². The summed E-state index contributed by atoms with van der Waals surface area (Å²) in [4.78, 5) is 0. The van der Waals surface area contributed by atoms with Gasteiger partial charge in [-0.2, -0.15) is 13.2 Å². The van der Waals surface area contributed by atoms with Gasteiger partial charge in [-0.25, -0.2) is 0 Å². The van der Waals surface area contributed by atoms with Crippen molar-refractivity contribution in [3.63, 3.8) is 0 Å². The lowest BCUT2D eigenvalue weighted by molar-refractivity contribution is -0.275. The molecule has 0 fully saturated rings. The molecule has 0 aliphatic carbocycles. The zero-order chi connectivity index (χ0) is 29.1. The maximum atomic E-state index is 12.9. The number of hydrogen-bond donors (Lipinski definition) is 2. The number of hydrogen-bond acceptors (Lipinski definition) is 6. The molecule has 0 unspecified atom stereocenters. The third-order valence-electron chi connectivity index (χ3n) is 5.54. The van der Waals surface area contributed by atoms with Crippen molar-refractivity contribution in [1.29, 1.82) is 0 Å². The first kappa shape index (κ1) is 30.1. The second kappa shape index (κ2) is 11.3. The molecule has 0 spiro atoms. The summed E-state index contributed by atoms with van der Waals surface area (Å²) in [7, 11) is 0. The van der Waals surface area contributed by atoms with Crippen LogP contribution in [-0.2, 0) is 11.8 Å². The van der Waals surface area contributed by atoms with Gasteiger partial charge in [-0.1, -0.05) is 29.4 Å². The molecule has 6 nitrogen and oxygen atoms in total. The van der Waals surface area contributed by atoms with Gasteiger partial charge in [0.2, 0.25) is 0 Å².